The van der Waals surface area contributed by atoms with E-state index in [-0.39, 0.29) is 5.78 Å². The van der Waals surface area contributed by atoms with E-state index in [0.717, 1.165) is 44.5 Å². The normalized spacial score (nSPS) is 11.9. The van der Waals surface area contributed by atoms with Gasteiger partial charge in [0, 0.05) is 35.9 Å². The van der Waals surface area contributed by atoms with E-state index in [4.69, 9.17) is 0 Å². The summed E-state index contributed by atoms with van der Waals surface area (Å²) in [5.41, 5.74) is 7.71. The molecule has 0 fully saturated rings. The van der Waals surface area contributed by atoms with Gasteiger partial charge in [0.25, 0.3) is 0 Å². The van der Waals surface area contributed by atoms with Gasteiger partial charge in [-0.25, -0.2) is 0 Å². The Kier molecular flexibility index (Phi) is 3.25. The van der Waals surface area contributed by atoms with E-state index in [9.17, 15) is 4.79 Å². The van der Waals surface area contributed by atoms with Gasteiger partial charge in [0.15, 0.2) is 5.78 Å². The third kappa shape index (κ3) is 2.25. The number of carbonyl (C=O) groups is 1. The standard InChI is InChI=1S/C23H14N2O/c26-23-21-13-17(15-5-9-24-10-6-15)1-3-19(21)20-4-2-18(14-22(20)23)16-7-11-25-12-8-16/h1-14H. The first-order chi connectivity index (χ1) is 12.8. The molecule has 0 saturated heterocycles. The molecule has 1 aliphatic rings. The lowest BCUT2D eigenvalue weighted by Crippen LogP contribution is -1.96. The largest absolute Gasteiger partial charge is 0.289 e. The molecular weight excluding hydrogens is 320 g/mol. The first kappa shape index (κ1) is 14.7. The number of rotatable bonds is 2. The van der Waals surface area contributed by atoms with E-state index in [1.807, 2.05) is 48.5 Å². The average Bonchev–Trinajstić information content (AvgIpc) is 3.01. The molecule has 4 aromatic rings. The van der Waals surface area contributed by atoms with Crippen molar-refractivity contribution in [2.75, 3.05) is 0 Å². The van der Waals surface area contributed by atoms with Crippen LogP contribution in [0, 0.1) is 0 Å². The van der Waals surface area contributed by atoms with Crippen LogP contribution in [0.15, 0.2) is 85.5 Å². The van der Waals surface area contributed by atoms with Gasteiger partial charge < -0.3 is 0 Å². The van der Waals surface area contributed by atoms with Crippen LogP contribution in [0.4, 0.5) is 0 Å². The molecular formula is C23H14N2O. The second-order valence-corrected chi connectivity index (χ2v) is 6.32. The summed E-state index contributed by atoms with van der Waals surface area (Å²) in [5.74, 6) is 0.0850. The lowest BCUT2D eigenvalue weighted by Gasteiger charge is -2.05. The maximum absolute atomic E-state index is 13.0. The number of nitrogens with zero attached hydrogens (tertiary/aromatic N) is 2. The van der Waals surface area contributed by atoms with Crippen molar-refractivity contribution in [1.82, 2.24) is 9.97 Å². The van der Waals surface area contributed by atoms with Gasteiger partial charge in [-0.2, -0.15) is 0 Å². The van der Waals surface area contributed by atoms with E-state index in [2.05, 4.69) is 22.1 Å². The Labute approximate surface area is 151 Å². The van der Waals surface area contributed by atoms with Gasteiger partial charge in [0.2, 0.25) is 0 Å². The molecule has 0 amide bonds. The number of aromatic nitrogens is 2. The Morgan fingerprint density at radius 1 is 0.462 bits per heavy atom. The quantitative estimate of drug-likeness (QED) is 0.455. The predicted octanol–water partition coefficient (Wildman–Crippen LogP) is 5.02. The Bertz CT molecular complexity index is 1040. The molecule has 0 saturated carbocycles. The van der Waals surface area contributed by atoms with Crippen molar-refractivity contribution >= 4 is 5.78 Å². The second kappa shape index (κ2) is 5.74. The maximum atomic E-state index is 13.0. The molecule has 0 radical (unpaired) electrons. The van der Waals surface area contributed by atoms with Crippen LogP contribution < -0.4 is 0 Å². The van der Waals surface area contributed by atoms with Crippen LogP contribution in [0.3, 0.4) is 0 Å². The van der Waals surface area contributed by atoms with Crippen LogP contribution in [-0.4, -0.2) is 15.8 Å². The fourth-order valence-electron chi connectivity index (χ4n) is 3.53. The first-order valence-corrected chi connectivity index (χ1v) is 8.45. The van der Waals surface area contributed by atoms with Crippen LogP contribution in [0.1, 0.15) is 15.9 Å². The van der Waals surface area contributed by atoms with E-state index in [1.165, 1.54) is 0 Å². The van der Waals surface area contributed by atoms with Crippen molar-refractivity contribution in [3.05, 3.63) is 96.6 Å². The van der Waals surface area contributed by atoms with Crippen molar-refractivity contribution in [3.63, 3.8) is 0 Å². The number of carbonyl (C=O) groups excluding carboxylic acids is 1. The first-order valence-electron chi connectivity index (χ1n) is 8.45. The third-order valence-corrected chi connectivity index (χ3v) is 4.85. The Hall–Kier alpha value is -3.59. The minimum Gasteiger partial charge on any atom is -0.289 e. The zero-order chi connectivity index (χ0) is 17.5. The fourth-order valence-corrected chi connectivity index (χ4v) is 3.53. The zero-order valence-electron chi connectivity index (χ0n) is 13.9. The Morgan fingerprint density at radius 3 is 1.31 bits per heavy atom. The van der Waals surface area contributed by atoms with Crippen molar-refractivity contribution in [3.8, 4) is 33.4 Å². The minimum atomic E-state index is 0.0850. The van der Waals surface area contributed by atoms with Crippen LogP contribution >= 0.6 is 0 Å². The van der Waals surface area contributed by atoms with Crippen molar-refractivity contribution in [2.24, 2.45) is 0 Å². The highest BCUT2D eigenvalue weighted by atomic mass is 16.1. The highest BCUT2D eigenvalue weighted by molar-refractivity contribution is 6.22. The molecule has 2 heterocycles. The number of benzene rings is 2. The van der Waals surface area contributed by atoms with Gasteiger partial charge in [-0.15, -0.1) is 0 Å². The van der Waals surface area contributed by atoms with Crippen LogP contribution in [-0.2, 0) is 0 Å². The summed E-state index contributed by atoms with van der Waals surface area (Å²) < 4.78 is 0. The van der Waals surface area contributed by atoms with Crippen LogP contribution in [0.25, 0.3) is 33.4 Å². The van der Waals surface area contributed by atoms with E-state index in [0.29, 0.717) is 0 Å². The SMILES string of the molecule is O=C1c2cc(-c3ccncc3)ccc2-c2ccc(-c3ccncc3)cc21. The molecule has 0 spiro atoms. The summed E-state index contributed by atoms with van der Waals surface area (Å²) in [6.45, 7) is 0. The highest BCUT2D eigenvalue weighted by Gasteiger charge is 2.27. The van der Waals surface area contributed by atoms with E-state index in [1.54, 1.807) is 24.8 Å². The molecule has 0 unspecified atom stereocenters. The molecule has 0 atom stereocenters. The minimum absolute atomic E-state index is 0.0850. The van der Waals surface area contributed by atoms with Gasteiger partial charge in [0.1, 0.15) is 0 Å². The van der Waals surface area contributed by atoms with Crippen molar-refractivity contribution < 1.29 is 4.79 Å². The highest BCUT2D eigenvalue weighted by Crippen LogP contribution is 2.40. The zero-order valence-corrected chi connectivity index (χ0v) is 13.9. The van der Waals surface area contributed by atoms with Gasteiger partial charge in [-0.05, 0) is 69.8 Å². The molecule has 1 aliphatic carbocycles. The Morgan fingerprint density at radius 2 is 0.885 bits per heavy atom. The molecule has 3 heteroatoms. The summed E-state index contributed by atoms with van der Waals surface area (Å²) in [7, 11) is 0. The topological polar surface area (TPSA) is 42.9 Å². The van der Waals surface area contributed by atoms with Gasteiger partial charge >= 0.3 is 0 Å². The average molecular weight is 334 g/mol. The van der Waals surface area contributed by atoms with E-state index >= 15 is 0 Å². The number of hydrogen-bond donors (Lipinski definition) is 0. The summed E-state index contributed by atoms with van der Waals surface area (Å²) in [5, 5.41) is 0. The number of pyridine rings is 2. The molecule has 2 aromatic carbocycles. The lowest BCUT2D eigenvalue weighted by molar-refractivity contribution is 0.104. The molecule has 122 valence electrons. The molecule has 0 N–H and O–H groups in total. The van der Waals surface area contributed by atoms with E-state index < -0.39 is 0 Å². The summed E-state index contributed by atoms with van der Waals surface area (Å²) in [6.07, 6.45) is 7.06. The second-order valence-electron chi connectivity index (χ2n) is 6.32. The summed E-state index contributed by atoms with van der Waals surface area (Å²) >= 11 is 0. The Balaban J connectivity index is 1.61. The van der Waals surface area contributed by atoms with Crippen LogP contribution in [0.5, 0.6) is 0 Å². The maximum Gasteiger partial charge on any atom is 0.194 e. The van der Waals surface area contributed by atoms with Gasteiger partial charge in [-0.1, -0.05) is 24.3 Å². The molecule has 2 aromatic heterocycles. The van der Waals surface area contributed by atoms with Gasteiger partial charge in [0.05, 0.1) is 0 Å². The monoisotopic (exact) mass is 334 g/mol. The fraction of sp³-hybridized carbons (Fsp3) is 0. The summed E-state index contributed by atoms with van der Waals surface area (Å²) in [4.78, 5) is 21.1. The van der Waals surface area contributed by atoms with Crippen molar-refractivity contribution in [2.45, 2.75) is 0 Å². The molecule has 3 nitrogen and oxygen atoms in total. The van der Waals surface area contributed by atoms with Crippen LogP contribution in [0.2, 0.25) is 0 Å². The number of fused-ring (bicyclic) bond motifs is 3. The smallest absolute Gasteiger partial charge is 0.194 e. The van der Waals surface area contributed by atoms with Gasteiger partial charge in [-0.3, -0.25) is 14.8 Å². The number of ketones is 1. The molecule has 0 bridgehead atoms. The lowest BCUT2D eigenvalue weighted by atomic mass is 9.99. The molecule has 5 rings (SSSR count). The molecule has 26 heavy (non-hydrogen) atoms. The summed E-state index contributed by atoms with van der Waals surface area (Å²) in [6, 6.07) is 20.0. The predicted molar refractivity (Wildman–Crippen MR) is 102 cm³/mol. The molecule has 0 aliphatic heterocycles. The van der Waals surface area contributed by atoms with Crippen molar-refractivity contribution in [1.29, 1.82) is 0 Å². The third-order valence-electron chi connectivity index (χ3n) is 4.85. The number of hydrogen-bond acceptors (Lipinski definition) is 3.